The van der Waals surface area contributed by atoms with Crippen LogP contribution in [0, 0.1) is 56.7 Å². The molecular formula is C32H52O2. The van der Waals surface area contributed by atoms with Gasteiger partial charge in [0.15, 0.2) is 0 Å². The maximum absolute atomic E-state index is 11.9. The van der Waals surface area contributed by atoms with E-state index < -0.39 is 0 Å². The van der Waals surface area contributed by atoms with Crippen molar-refractivity contribution in [3.05, 3.63) is 12.2 Å². The average Bonchev–Trinajstić information content (AvgIpc) is 3.08. The van der Waals surface area contributed by atoms with Crippen LogP contribution in [0.2, 0.25) is 0 Å². The van der Waals surface area contributed by atoms with Crippen LogP contribution in [0.15, 0.2) is 12.2 Å². The van der Waals surface area contributed by atoms with Gasteiger partial charge in [-0.1, -0.05) is 53.7 Å². The van der Waals surface area contributed by atoms with Crippen LogP contribution >= 0.6 is 0 Å². The van der Waals surface area contributed by atoms with E-state index in [0.29, 0.717) is 27.6 Å². The third-order valence-corrected chi connectivity index (χ3v) is 13.7. The number of ether oxygens (including phenoxy) is 1. The predicted molar refractivity (Wildman–Crippen MR) is 140 cm³/mol. The molecule has 0 aliphatic heterocycles. The van der Waals surface area contributed by atoms with Crippen LogP contribution < -0.4 is 0 Å². The van der Waals surface area contributed by atoms with Gasteiger partial charge >= 0.3 is 5.97 Å². The summed E-state index contributed by atoms with van der Waals surface area (Å²) in [6, 6.07) is 0. The Labute approximate surface area is 210 Å². The molecule has 5 aliphatic carbocycles. The lowest BCUT2D eigenvalue weighted by molar-refractivity contribution is -0.248. The molecule has 5 aliphatic rings. The first kappa shape index (κ1) is 24.9. The maximum atomic E-state index is 11.9. The fourth-order valence-electron chi connectivity index (χ4n) is 11.9. The zero-order valence-electron chi connectivity index (χ0n) is 23.6. The zero-order chi connectivity index (χ0) is 24.9. The van der Waals surface area contributed by atoms with E-state index >= 15 is 0 Å². The van der Waals surface area contributed by atoms with Gasteiger partial charge in [-0.15, -0.1) is 0 Å². The second-order valence-corrected chi connectivity index (χ2v) is 15.3. The van der Waals surface area contributed by atoms with Crippen molar-refractivity contribution in [1.82, 2.24) is 0 Å². The number of fused-ring (bicyclic) bond motifs is 7. The highest BCUT2D eigenvalue weighted by Gasteiger charge is 2.70. The third-order valence-electron chi connectivity index (χ3n) is 13.7. The highest BCUT2D eigenvalue weighted by molar-refractivity contribution is 5.66. The van der Waals surface area contributed by atoms with Crippen LogP contribution in [0.25, 0.3) is 0 Å². The van der Waals surface area contributed by atoms with Gasteiger partial charge in [-0.25, -0.2) is 0 Å². The van der Waals surface area contributed by atoms with Gasteiger partial charge in [-0.2, -0.15) is 0 Å². The molecule has 34 heavy (non-hydrogen) atoms. The molecular weight excluding hydrogens is 416 g/mol. The van der Waals surface area contributed by atoms with E-state index in [1.807, 2.05) is 0 Å². The number of esters is 1. The minimum absolute atomic E-state index is 0.0550. The SMILES string of the molecule is C=C(C)[C@@H]1CC[C@]2(C)CC[C@]3(C)[C@@H](CC[C@@H]4[C@]5(C)CC[C@H](OC(C)=O)C(C)(C)[C@@H]5CC[C@@]43C)[C@H]12. The summed E-state index contributed by atoms with van der Waals surface area (Å²) in [4.78, 5) is 11.9. The summed E-state index contributed by atoms with van der Waals surface area (Å²) in [6.45, 7) is 23.9. The fourth-order valence-corrected chi connectivity index (χ4v) is 11.9. The molecule has 0 bridgehead atoms. The first-order valence-electron chi connectivity index (χ1n) is 14.5. The van der Waals surface area contributed by atoms with Crippen molar-refractivity contribution >= 4 is 5.97 Å². The minimum atomic E-state index is -0.107. The number of allylic oxidation sites excluding steroid dienone is 1. The van der Waals surface area contributed by atoms with E-state index in [0.717, 1.165) is 30.1 Å². The van der Waals surface area contributed by atoms with E-state index in [1.54, 1.807) is 6.92 Å². The molecule has 0 aromatic carbocycles. The van der Waals surface area contributed by atoms with Crippen LogP contribution in [-0.4, -0.2) is 12.1 Å². The molecule has 192 valence electrons. The number of hydrogen-bond donors (Lipinski definition) is 0. The van der Waals surface area contributed by atoms with Crippen molar-refractivity contribution in [2.75, 3.05) is 0 Å². The van der Waals surface area contributed by atoms with Crippen molar-refractivity contribution < 1.29 is 9.53 Å². The van der Waals surface area contributed by atoms with Crippen molar-refractivity contribution in [1.29, 1.82) is 0 Å². The van der Waals surface area contributed by atoms with Crippen molar-refractivity contribution in [2.24, 2.45) is 56.7 Å². The Balaban J connectivity index is 1.50. The summed E-state index contributed by atoms with van der Waals surface area (Å²) >= 11 is 0. The number of carbonyl (C=O) groups excluding carboxylic acids is 1. The summed E-state index contributed by atoms with van der Waals surface area (Å²) in [7, 11) is 0. The Morgan fingerprint density at radius 2 is 1.47 bits per heavy atom. The standard InChI is InChI=1S/C32H52O2/c1-20(2)22-12-15-29(6)18-19-31(8)23(27(22)29)10-11-25-30(7)16-14-26(34-21(3)33)28(4,5)24(30)13-17-32(25,31)9/h22-27H,1,10-19H2,2-9H3/t22-,23-,24-,25+,26-,27-,29+,30+,31+,32-/m0/s1. The molecule has 5 fully saturated rings. The van der Waals surface area contributed by atoms with Gasteiger partial charge in [0.1, 0.15) is 6.10 Å². The topological polar surface area (TPSA) is 26.3 Å². The Bertz CT molecular complexity index is 872. The monoisotopic (exact) mass is 468 g/mol. The van der Waals surface area contributed by atoms with Crippen molar-refractivity contribution in [3.63, 3.8) is 0 Å². The Hall–Kier alpha value is -0.790. The second kappa shape index (κ2) is 7.61. The van der Waals surface area contributed by atoms with E-state index in [4.69, 9.17) is 4.74 Å². The molecule has 0 spiro atoms. The molecule has 0 unspecified atom stereocenters. The van der Waals surface area contributed by atoms with Gasteiger partial charge in [0, 0.05) is 12.3 Å². The van der Waals surface area contributed by atoms with Crippen molar-refractivity contribution in [3.8, 4) is 0 Å². The van der Waals surface area contributed by atoms with Gasteiger partial charge in [-0.05, 0) is 122 Å². The van der Waals surface area contributed by atoms with E-state index in [1.165, 1.54) is 63.4 Å². The first-order valence-corrected chi connectivity index (χ1v) is 14.5. The normalized spacial score (nSPS) is 53.6. The van der Waals surface area contributed by atoms with Crippen LogP contribution in [0.3, 0.4) is 0 Å². The Kier molecular flexibility index (Phi) is 5.57. The zero-order valence-corrected chi connectivity index (χ0v) is 23.6. The molecule has 0 N–H and O–H groups in total. The minimum Gasteiger partial charge on any atom is -0.462 e. The molecule has 2 heteroatoms. The summed E-state index contributed by atoms with van der Waals surface area (Å²) in [5.41, 5.74) is 3.23. The molecule has 0 radical (unpaired) electrons. The molecule has 10 atom stereocenters. The van der Waals surface area contributed by atoms with Crippen LogP contribution in [0.5, 0.6) is 0 Å². The van der Waals surface area contributed by atoms with Crippen LogP contribution in [0.4, 0.5) is 0 Å². The molecule has 0 amide bonds. The number of hydrogen-bond acceptors (Lipinski definition) is 2. The van der Waals surface area contributed by atoms with Gasteiger partial charge in [0.2, 0.25) is 0 Å². The van der Waals surface area contributed by atoms with Crippen LogP contribution in [0.1, 0.15) is 120 Å². The highest BCUT2D eigenvalue weighted by Crippen LogP contribution is 2.77. The molecule has 0 heterocycles. The summed E-state index contributed by atoms with van der Waals surface area (Å²) < 4.78 is 5.91. The molecule has 0 aromatic rings. The fraction of sp³-hybridized carbons (Fsp3) is 0.906. The van der Waals surface area contributed by atoms with Crippen molar-refractivity contribution in [2.45, 2.75) is 126 Å². The van der Waals surface area contributed by atoms with E-state index in [9.17, 15) is 4.79 Å². The van der Waals surface area contributed by atoms with Gasteiger partial charge in [0.05, 0.1) is 0 Å². The lowest BCUT2D eigenvalue weighted by Gasteiger charge is -2.73. The third kappa shape index (κ3) is 3.08. The van der Waals surface area contributed by atoms with E-state index in [-0.39, 0.29) is 17.5 Å². The lowest BCUT2D eigenvalue weighted by Crippen LogP contribution is -2.66. The highest BCUT2D eigenvalue weighted by atomic mass is 16.5. The lowest BCUT2D eigenvalue weighted by atomic mass is 9.32. The Morgan fingerprint density at radius 3 is 2.12 bits per heavy atom. The number of carbonyl (C=O) groups is 1. The largest absolute Gasteiger partial charge is 0.462 e. The summed E-state index contributed by atoms with van der Waals surface area (Å²) in [5, 5.41) is 0. The second-order valence-electron chi connectivity index (χ2n) is 15.3. The maximum Gasteiger partial charge on any atom is 0.302 e. The van der Waals surface area contributed by atoms with Crippen LogP contribution in [-0.2, 0) is 9.53 Å². The summed E-state index contributed by atoms with van der Waals surface area (Å²) in [6.07, 6.45) is 13.4. The van der Waals surface area contributed by atoms with Gasteiger partial charge in [0.25, 0.3) is 0 Å². The molecule has 0 aromatic heterocycles. The average molecular weight is 469 g/mol. The Morgan fingerprint density at radius 1 is 0.765 bits per heavy atom. The molecule has 5 saturated carbocycles. The summed E-state index contributed by atoms with van der Waals surface area (Å²) in [5.74, 6) is 3.74. The van der Waals surface area contributed by atoms with Gasteiger partial charge < -0.3 is 4.74 Å². The molecule has 5 rings (SSSR count). The van der Waals surface area contributed by atoms with E-state index in [2.05, 4.69) is 55.0 Å². The predicted octanol–water partition coefficient (Wildman–Crippen LogP) is 8.60. The smallest absolute Gasteiger partial charge is 0.302 e. The first-order chi connectivity index (χ1) is 15.7. The molecule has 0 saturated heterocycles. The quantitative estimate of drug-likeness (QED) is 0.299. The van der Waals surface area contributed by atoms with Gasteiger partial charge in [-0.3, -0.25) is 4.79 Å². The number of rotatable bonds is 2. The molecule has 2 nitrogen and oxygen atoms in total.